The van der Waals surface area contributed by atoms with Crippen LogP contribution in [0.1, 0.15) is 13.3 Å². The molecule has 15 nitrogen and oxygen atoms in total. The van der Waals surface area contributed by atoms with Gasteiger partial charge in [0.1, 0.15) is 48.8 Å². The maximum absolute atomic E-state index is 11.6. The molecule has 0 aromatic rings. The highest BCUT2D eigenvalue weighted by atomic mass is 16.8. The van der Waals surface area contributed by atoms with Crippen molar-refractivity contribution in [2.45, 2.75) is 87.2 Å². The summed E-state index contributed by atoms with van der Waals surface area (Å²) >= 11 is 0. The molecule has 4 rings (SSSR count). The highest BCUT2D eigenvalue weighted by Gasteiger charge is 2.53. The first-order chi connectivity index (χ1) is 17.5. The summed E-state index contributed by atoms with van der Waals surface area (Å²) in [5.74, 6) is -2.84. The van der Waals surface area contributed by atoms with Crippen molar-refractivity contribution < 1.29 is 74.4 Å². The second kappa shape index (κ2) is 11.3. The molecular weight excluding hydrogens is 504 g/mol. The summed E-state index contributed by atoms with van der Waals surface area (Å²) in [6, 6.07) is 0. The molecule has 0 aromatic carbocycles. The lowest BCUT2D eigenvalue weighted by Gasteiger charge is -2.44. The zero-order valence-electron chi connectivity index (χ0n) is 19.8. The number of carbonyl (C=O) groups is 1. The van der Waals surface area contributed by atoms with Gasteiger partial charge in [-0.15, -0.1) is 0 Å². The second-order valence-corrected chi connectivity index (χ2v) is 9.91. The molecule has 0 spiro atoms. The number of aliphatic carboxylic acids is 1. The summed E-state index contributed by atoms with van der Waals surface area (Å²) in [6.07, 6.45) is -16.7. The molecule has 3 fully saturated rings. The van der Waals surface area contributed by atoms with Gasteiger partial charge in [-0.2, -0.15) is 0 Å². The van der Waals surface area contributed by atoms with Gasteiger partial charge in [0.2, 0.25) is 6.29 Å². The fourth-order valence-corrected chi connectivity index (χ4v) is 5.37. The monoisotopic (exact) mass is 538 g/mol. The molecule has 2 saturated heterocycles. The van der Waals surface area contributed by atoms with E-state index in [0.29, 0.717) is 0 Å². The average Bonchev–Trinajstić information content (AvgIpc) is 3.17. The van der Waals surface area contributed by atoms with Gasteiger partial charge in [0.15, 0.2) is 12.6 Å². The highest BCUT2D eigenvalue weighted by Crippen LogP contribution is 2.47. The first kappa shape index (κ1) is 28.5. The third-order valence-corrected chi connectivity index (χ3v) is 7.67. The Labute approximate surface area is 211 Å². The Morgan fingerprint density at radius 1 is 0.892 bits per heavy atom. The van der Waals surface area contributed by atoms with Crippen molar-refractivity contribution in [2.75, 3.05) is 13.2 Å². The molecule has 1 saturated carbocycles. The van der Waals surface area contributed by atoms with E-state index in [1.807, 2.05) is 0 Å². The third-order valence-electron chi connectivity index (χ3n) is 7.67. The molecule has 9 N–H and O–H groups in total. The minimum absolute atomic E-state index is 0.0281. The van der Waals surface area contributed by atoms with Gasteiger partial charge in [0.25, 0.3) is 0 Å². The molecule has 4 aliphatic rings. The minimum Gasteiger partial charge on any atom is -0.478 e. The Morgan fingerprint density at radius 3 is 2.11 bits per heavy atom. The lowest BCUT2D eigenvalue weighted by molar-refractivity contribution is -0.354. The summed E-state index contributed by atoms with van der Waals surface area (Å²) in [4.78, 5) is 11.6. The Kier molecular flexibility index (Phi) is 8.74. The van der Waals surface area contributed by atoms with Crippen LogP contribution >= 0.6 is 0 Å². The fourth-order valence-electron chi connectivity index (χ4n) is 5.37. The van der Waals surface area contributed by atoms with E-state index in [9.17, 15) is 50.8 Å². The van der Waals surface area contributed by atoms with Crippen molar-refractivity contribution in [3.8, 4) is 0 Å². The Morgan fingerprint density at radius 2 is 1.49 bits per heavy atom. The van der Waals surface area contributed by atoms with Gasteiger partial charge in [-0.25, -0.2) is 4.79 Å². The van der Waals surface area contributed by atoms with Crippen LogP contribution in [0.15, 0.2) is 11.8 Å². The van der Waals surface area contributed by atoms with Crippen LogP contribution in [0.4, 0.5) is 0 Å². The summed E-state index contributed by atoms with van der Waals surface area (Å²) < 4.78 is 27.5. The van der Waals surface area contributed by atoms with E-state index < -0.39 is 111 Å². The summed E-state index contributed by atoms with van der Waals surface area (Å²) in [6.45, 7) is 0.486. The Balaban J connectivity index is 1.44. The molecule has 0 aromatic heterocycles. The topological polar surface area (TPSA) is 245 Å². The van der Waals surface area contributed by atoms with Crippen LogP contribution in [0.3, 0.4) is 0 Å². The Bertz CT molecular complexity index is 837. The van der Waals surface area contributed by atoms with E-state index in [-0.39, 0.29) is 12.0 Å². The number of aliphatic hydroxyl groups is 8. The Hall–Kier alpha value is -1.47. The standard InChI is InChI=1S/C22H34O15/c1-6-9(24)2-7-8(19(31)32)4-33-20(12(6)7)37-22-18(30)16(28)14(26)11(36-22)5-34-21-17(29)15(27)13(25)10(3-23)35-21/h4,6-7,9-18,20-30H,2-3,5H2,1H3,(H,31,32)/t6-,7-,9+,10+,11-,12-,13+,14-,15-,16+,17+,18-,20+,21+,22+/m0/s1. The zero-order valence-corrected chi connectivity index (χ0v) is 19.8. The van der Waals surface area contributed by atoms with Crippen LogP contribution in [-0.2, 0) is 28.5 Å². The van der Waals surface area contributed by atoms with Crippen molar-refractivity contribution in [1.29, 1.82) is 0 Å². The number of fused-ring (bicyclic) bond motifs is 1. The number of hydrogen-bond donors (Lipinski definition) is 9. The van der Waals surface area contributed by atoms with Gasteiger partial charge in [0.05, 0.1) is 31.2 Å². The van der Waals surface area contributed by atoms with Gasteiger partial charge in [0, 0.05) is 11.8 Å². The van der Waals surface area contributed by atoms with Crippen LogP contribution in [0, 0.1) is 17.8 Å². The van der Waals surface area contributed by atoms with Gasteiger partial charge >= 0.3 is 5.97 Å². The van der Waals surface area contributed by atoms with E-state index in [1.165, 1.54) is 0 Å². The van der Waals surface area contributed by atoms with Crippen LogP contribution in [0.2, 0.25) is 0 Å². The molecule has 3 aliphatic heterocycles. The van der Waals surface area contributed by atoms with Crippen molar-refractivity contribution in [2.24, 2.45) is 17.8 Å². The molecule has 1 aliphatic carbocycles. The number of aliphatic hydroxyl groups excluding tert-OH is 8. The number of rotatable bonds is 7. The van der Waals surface area contributed by atoms with Crippen LogP contribution in [0.5, 0.6) is 0 Å². The van der Waals surface area contributed by atoms with Crippen molar-refractivity contribution in [3.05, 3.63) is 11.8 Å². The fraction of sp³-hybridized carbons (Fsp3) is 0.864. The first-order valence-electron chi connectivity index (χ1n) is 12.0. The summed E-state index contributed by atoms with van der Waals surface area (Å²) in [5, 5.41) is 90.3. The maximum atomic E-state index is 11.6. The zero-order chi connectivity index (χ0) is 27.2. The molecule has 0 radical (unpaired) electrons. The van der Waals surface area contributed by atoms with Crippen molar-refractivity contribution >= 4 is 5.97 Å². The van der Waals surface area contributed by atoms with Gasteiger partial charge in [-0.3, -0.25) is 0 Å². The first-order valence-corrected chi connectivity index (χ1v) is 12.0. The predicted molar refractivity (Wildman–Crippen MR) is 115 cm³/mol. The molecule has 3 heterocycles. The number of carboxylic acid groups (broad SMARTS) is 1. The molecule has 15 heteroatoms. The number of hydrogen-bond acceptors (Lipinski definition) is 14. The SMILES string of the molecule is C[C@@H]1[C@@H]2[C@@H](O[C@H]3O[C@@H](CO[C@@H]4O[C@H](CO)[C@@H](O)[C@H](O)[C@H]4O)[C@H](O)[C@@H](O)[C@@H]3O)OC=C(C(=O)O)[C@@H]2C[C@H]1O. The smallest absolute Gasteiger partial charge is 0.334 e. The third kappa shape index (κ3) is 5.36. The second-order valence-electron chi connectivity index (χ2n) is 9.91. The minimum atomic E-state index is -1.77. The molecule has 15 atom stereocenters. The van der Waals surface area contributed by atoms with Gasteiger partial charge in [-0.05, 0) is 12.3 Å². The van der Waals surface area contributed by atoms with E-state index in [1.54, 1.807) is 6.92 Å². The van der Waals surface area contributed by atoms with E-state index >= 15 is 0 Å². The molecule has 37 heavy (non-hydrogen) atoms. The van der Waals surface area contributed by atoms with Crippen LogP contribution < -0.4 is 0 Å². The highest BCUT2D eigenvalue weighted by molar-refractivity contribution is 5.87. The lowest BCUT2D eigenvalue weighted by Crippen LogP contribution is -2.62. The molecule has 212 valence electrons. The van der Waals surface area contributed by atoms with Crippen molar-refractivity contribution in [3.63, 3.8) is 0 Å². The van der Waals surface area contributed by atoms with E-state index in [4.69, 9.17) is 23.7 Å². The molecular formula is C22H34O15. The quantitative estimate of drug-likeness (QED) is 0.148. The van der Waals surface area contributed by atoms with Crippen LogP contribution in [-0.4, -0.2) is 139 Å². The number of carboxylic acids is 1. The number of ether oxygens (including phenoxy) is 5. The summed E-state index contributed by atoms with van der Waals surface area (Å²) in [7, 11) is 0. The maximum Gasteiger partial charge on any atom is 0.334 e. The van der Waals surface area contributed by atoms with Crippen LogP contribution in [0.25, 0.3) is 0 Å². The average molecular weight is 538 g/mol. The van der Waals surface area contributed by atoms with Gasteiger partial charge in [-0.1, -0.05) is 6.92 Å². The van der Waals surface area contributed by atoms with E-state index in [0.717, 1.165) is 6.26 Å². The molecule has 0 bridgehead atoms. The van der Waals surface area contributed by atoms with Crippen molar-refractivity contribution in [1.82, 2.24) is 0 Å². The van der Waals surface area contributed by atoms with E-state index in [2.05, 4.69) is 0 Å². The normalized spacial score (nSPS) is 50.2. The lowest BCUT2D eigenvalue weighted by atomic mass is 9.83. The molecule has 0 unspecified atom stereocenters. The summed E-state index contributed by atoms with van der Waals surface area (Å²) in [5.41, 5.74) is -0.0281. The van der Waals surface area contributed by atoms with Gasteiger partial charge < -0.3 is 69.6 Å². The largest absolute Gasteiger partial charge is 0.478 e. The molecule has 0 amide bonds. The predicted octanol–water partition coefficient (Wildman–Crippen LogP) is -4.41.